The molecule has 2 heterocycles. The van der Waals surface area contributed by atoms with E-state index in [0.717, 1.165) is 22.2 Å². The van der Waals surface area contributed by atoms with Gasteiger partial charge in [-0.3, -0.25) is 14.6 Å². The third kappa shape index (κ3) is 3.37. The largest absolute Gasteiger partial charge is 0.468 e. The minimum absolute atomic E-state index is 0.0155. The van der Waals surface area contributed by atoms with Crippen molar-refractivity contribution in [1.82, 2.24) is 9.88 Å². The number of likely N-dealkylation sites (tertiary alicyclic amines) is 1. The van der Waals surface area contributed by atoms with Crippen LogP contribution in [0.5, 0.6) is 0 Å². The predicted molar refractivity (Wildman–Crippen MR) is 112 cm³/mol. The molecule has 0 bridgehead atoms. The number of pyridine rings is 1. The predicted octanol–water partition coefficient (Wildman–Crippen LogP) is 3.89. The van der Waals surface area contributed by atoms with Crippen LogP contribution in [0.1, 0.15) is 34.5 Å². The van der Waals surface area contributed by atoms with Crippen LogP contribution >= 0.6 is 0 Å². The number of fused-ring (bicyclic) bond motifs is 1. The second-order valence-electron chi connectivity index (χ2n) is 7.56. The van der Waals surface area contributed by atoms with Gasteiger partial charge < -0.3 is 9.64 Å². The summed E-state index contributed by atoms with van der Waals surface area (Å²) < 4.78 is 5.15. The number of ether oxygens (including phenoxy) is 1. The van der Waals surface area contributed by atoms with Crippen LogP contribution in [0, 0.1) is 6.92 Å². The van der Waals surface area contributed by atoms with E-state index in [1.165, 1.54) is 7.11 Å². The van der Waals surface area contributed by atoms with Crippen molar-refractivity contribution < 1.29 is 14.3 Å². The Morgan fingerprint density at radius 2 is 1.66 bits per heavy atom. The summed E-state index contributed by atoms with van der Waals surface area (Å²) in [5.41, 5.74) is 2.55. The third-order valence-electron chi connectivity index (χ3n) is 5.88. The molecule has 0 radical (unpaired) electrons. The van der Waals surface area contributed by atoms with E-state index in [-0.39, 0.29) is 11.9 Å². The maximum absolute atomic E-state index is 13.3. The highest BCUT2D eigenvalue weighted by atomic mass is 16.5. The standard InChI is InChI=1S/C24H24N2O3/c1-17-16-20(19-10-6-7-11-21(19)25-17)22(27)26-14-12-24(13-15-26,23(28)29-2)18-8-4-3-5-9-18/h3-11,16H,12-15H2,1-2H3. The first-order chi connectivity index (χ1) is 14.0. The molecule has 0 aliphatic carbocycles. The van der Waals surface area contributed by atoms with E-state index in [9.17, 15) is 9.59 Å². The van der Waals surface area contributed by atoms with E-state index in [1.54, 1.807) is 0 Å². The Morgan fingerprint density at radius 3 is 2.34 bits per heavy atom. The summed E-state index contributed by atoms with van der Waals surface area (Å²) >= 11 is 0. The number of hydrogen-bond donors (Lipinski definition) is 0. The number of methoxy groups -OCH3 is 1. The van der Waals surface area contributed by atoms with Crippen molar-refractivity contribution in [2.24, 2.45) is 0 Å². The zero-order valence-corrected chi connectivity index (χ0v) is 16.7. The second-order valence-corrected chi connectivity index (χ2v) is 7.56. The molecular formula is C24H24N2O3. The quantitative estimate of drug-likeness (QED) is 0.639. The molecule has 148 valence electrons. The van der Waals surface area contributed by atoms with E-state index < -0.39 is 5.41 Å². The average Bonchev–Trinajstić information content (AvgIpc) is 2.78. The van der Waals surface area contributed by atoms with Gasteiger partial charge in [0.2, 0.25) is 0 Å². The summed E-state index contributed by atoms with van der Waals surface area (Å²) in [6.07, 6.45) is 1.08. The van der Waals surface area contributed by atoms with Crippen molar-refractivity contribution in [2.45, 2.75) is 25.2 Å². The zero-order chi connectivity index (χ0) is 20.4. The lowest BCUT2D eigenvalue weighted by Gasteiger charge is -2.40. The fourth-order valence-electron chi connectivity index (χ4n) is 4.31. The van der Waals surface area contributed by atoms with Crippen molar-refractivity contribution in [2.75, 3.05) is 20.2 Å². The second kappa shape index (κ2) is 7.66. The van der Waals surface area contributed by atoms with Crippen LogP contribution < -0.4 is 0 Å². The average molecular weight is 388 g/mol. The van der Waals surface area contributed by atoms with Crippen LogP contribution in [-0.2, 0) is 14.9 Å². The SMILES string of the molecule is COC(=O)C1(c2ccccc2)CCN(C(=O)c2cc(C)nc3ccccc23)CC1. The van der Waals surface area contributed by atoms with E-state index in [4.69, 9.17) is 4.74 Å². The monoisotopic (exact) mass is 388 g/mol. The van der Waals surface area contributed by atoms with Crippen LogP contribution in [0.3, 0.4) is 0 Å². The normalized spacial score (nSPS) is 15.9. The highest BCUT2D eigenvalue weighted by Gasteiger charge is 2.44. The van der Waals surface area contributed by atoms with Crippen LogP contribution in [-0.4, -0.2) is 42.0 Å². The fraction of sp³-hybridized carbons (Fsp3) is 0.292. The molecule has 5 heteroatoms. The van der Waals surface area contributed by atoms with Crippen molar-refractivity contribution in [3.05, 3.63) is 77.5 Å². The van der Waals surface area contributed by atoms with Gasteiger partial charge in [-0.05, 0) is 37.5 Å². The number of benzene rings is 2. The maximum Gasteiger partial charge on any atom is 0.316 e. The number of carbonyl (C=O) groups is 2. The summed E-state index contributed by atoms with van der Waals surface area (Å²) in [7, 11) is 1.43. The first-order valence-corrected chi connectivity index (χ1v) is 9.85. The number of carbonyl (C=O) groups excluding carboxylic acids is 2. The first kappa shape index (κ1) is 19.1. The van der Waals surface area contributed by atoms with Gasteiger partial charge >= 0.3 is 5.97 Å². The molecule has 3 aromatic rings. The molecule has 1 aliphatic rings. The number of hydrogen-bond acceptors (Lipinski definition) is 4. The summed E-state index contributed by atoms with van der Waals surface area (Å²) in [6.45, 7) is 2.90. The molecule has 0 atom stereocenters. The Hall–Kier alpha value is -3.21. The van der Waals surface area contributed by atoms with Gasteiger partial charge in [0.1, 0.15) is 0 Å². The van der Waals surface area contributed by atoms with Crippen LogP contribution in [0.2, 0.25) is 0 Å². The maximum atomic E-state index is 13.3. The number of aromatic nitrogens is 1. The Labute approximate surface area is 170 Å². The molecule has 1 aliphatic heterocycles. The third-order valence-corrected chi connectivity index (χ3v) is 5.88. The van der Waals surface area contributed by atoms with Crippen LogP contribution in [0.15, 0.2) is 60.7 Å². The highest BCUT2D eigenvalue weighted by molar-refractivity contribution is 6.06. The minimum atomic E-state index is -0.705. The molecule has 1 saturated heterocycles. The van der Waals surface area contributed by atoms with Gasteiger partial charge in [0, 0.05) is 24.2 Å². The molecule has 2 aromatic carbocycles. The van der Waals surface area contributed by atoms with Gasteiger partial charge in [0.15, 0.2) is 0 Å². The molecule has 1 amide bonds. The minimum Gasteiger partial charge on any atom is -0.468 e. The summed E-state index contributed by atoms with van der Waals surface area (Å²) in [6, 6.07) is 19.3. The molecule has 1 fully saturated rings. The topological polar surface area (TPSA) is 59.5 Å². The van der Waals surface area contributed by atoms with Gasteiger partial charge in [-0.15, -0.1) is 0 Å². The molecule has 0 saturated carbocycles. The molecule has 29 heavy (non-hydrogen) atoms. The lowest BCUT2D eigenvalue weighted by molar-refractivity contribution is -0.149. The van der Waals surface area contributed by atoms with E-state index >= 15 is 0 Å². The summed E-state index contributed by atoms with van der Waals surface area (Å²) in [5, 5.41) is 0.857. The van der Waals surface area contributed by atoms with Crippen molar-refractivity contribution >= 4 is 22.8 Å². The molecule has 5 nitrogen and oxygen atoms in total. The van der Waals surface area contributed by atoms with Gasteiger partial charge in [0.25, 0.3) is 5.91 Å². The van der Waals surface area contributed by atoms with Gasteiger partial charge in [0.05, 0.1) is 23.6 Å². The van der Waals surface area contributed by atoms with Crippen molar-refractivity contribution in [3.8, 4) is 0 Å². The van der Waals surface area contributed by atoms with E-state index in [1.807, 2.05) is 72.5 Å². The molecule has 0 spiro atoms. The van der Waals surface area contributed by atoms with E-state index in [0.29, 0.717) is 31.5 Å². The fourth-order valence-corrected chi connectivity index (χ4v) is 4.31. The number of esters is 1. The smallest absolute Gasteiger partial charge is 0.316 e. The number of amides is 1. The zero-order valence-electron chi connectivity index (χ0n) is 16.7. The molecule has 1 aromatic heterocycles. The molecule has 0 unspecified atom stereocenters. The molecule has 4 rings (SSSR count). The lowest BCUT2D eigenvalue weighted by atomic mass is 9.72. The number of aryl methyl sites for hydroxylation is 1. The number of piperidine rings is 1. The van der Waals surface area contributed by atoms with Crippen molar-refractivity contribution in [1.29, 1.82) is 0 Å². The molecule has 0 N–H and O–H groups in total. The Morgan fingerprint density at radius 1 is 1.00 bits per heavy atom. The van der Waals surface area contributed by atoms with Crippen LogP contribution in [0.25, 0.3) is 10.9 Å². The summed E-state index contributed by atoms with van der Waals surface area (Å²) in [5.74, 6) is -0.251. The van der Waals surface area contributed by atoms with Gasteiger partial charge in [-0.1, -0.05) is 48.5 Å². The highest BCUT2D eigenvalue weighted by Crippen LogP contribution is 2.37. The Balaban J connectivity index is 1.63. The van der Waals surface area contributed by atoms with E-state index in [2.05, 4.69) is 4.98 Å². The van der Waals surface area contributed by atoms with Gasteiger partial charge in [-0.2, -0.15) is 0 Å². The van der Waals surface area contributed by atoms with Gasteiger partial charge in [-0.25, -0.2) is 0 Å². The van der Waals surface area contributed by atoms with Crippen LogP contribution in [0.4, 0.5) is 0 Å². The Bertz CT molecular complexity index is 1050. The first-order valence-electron chi connectivity index (χ1n) is 9.85. The number of rotatable bonds is 3. The number of para-hydroxylation sites is 1. The summed E-state index contributed by atoms with van der Waals surface area (Å²) in [4.78, 5) is 32.4. The Kier molecular flexibility index (Phi) is 5.05. The van der Waals surface area contributed by atoms with Crippen molar-refractivity contribution in [3.63, 3.8) is 0 Å². The number of nitrogens with zero attached hydrogens (tertiary/aromatic N) is 2. The molecular weight excluding hydrogens is 364 g/mol. The lowest BCUT2D eigenvalue weighted by Crippen LogP contribution is -2.49.